The van der Waals surface area contributed by atoms with E-state index < -0.39 is 0 Å². The van der Waals surface area contributed by atoms with Crippen LogP contribution in [0.1, 0.15) is 16.2 Å². The molecular weight excluding hydrogens is 242 g/mol. The summed E-state index contributed by atoms with van der Waals surface area (Å²) >= 11 is 0. The second-order valence-electron chi connectivity index (χ2n) is 5.01. The van der Waals surface area contributed by atoms with E-state index in [1.165, 1.54) is 0 Å². The van der Waals surface area contributed by atoms with Gasteiger partial charge in [0.1, 0.15) is 5.52 Å². The largest absolute Gasteiger partial charge is 0.441 e. The van der Waals surface area contributed by atoms with E-state index in [4.69, 9.17) is 4.42 Å². The van der Waals surface area contributed by atoms with E-state index in [1.54, 1.807) is 0 Å². The van der Waals surface area contributed by atoms with Gasteiger partial charge in [-0.3, -0.25) is 4.79 Å². The number of rotatable bonds is 1. The number of benzene rings is 1. The Balaban J connectivity index is 1.84. The van der Waals surface area contributed by atoms with Crippen molar-refractivity contribution in [2.75, 3.05) is 33.2 Å². The highest BCUT2D eigenvalue weighted by Crippen LogP contribution is 2.18. The van der Waals surface area contributed by atoms with Gasteiger partial charge in [0.15, 0.2) is 11.5 Å². The van der Waals surface area contributed by atoms with Crippen LogP contribution in [0.15, 0.2) is 22.6 Å². The van der Waals surface area contributed by atoms with Crippen molar-refractivity contribution in [3.05, 3.63) is 29.7 Å². The number of amides is 1. The molecule has 2 aromatic rings. The Bertz CT molecular complexity index is 612. The maximum atomic E-state index is 12.4. The maximum Gasteiger partial charge on any atom is 0.254 e. The molecule has 1 saturated heterocycles. The summed E-state index contributed by atoms with van der Waals surface area (Å²) in [6.45, 7) is 5.23. The van der Waals surface area contributed by atoms with Crippen LogP contribution >= 0.6 is 0 Å². The zero-order valence-electron chi connectivity index (χ0n) is 11.2. The van der Waals surface area contributed by atoms with Crippen molar-refractivity contribution < 1.29 is 9.21 Å². The lowest BCUT2D eigenvalue weighted by Crippen LogP contribution is -2.47. The summed E-state index contributed by atoms with van der Waals surface area (Å²) in [5, 5.41) is 0. The Morgan fingerprint density at radius 3 is 2.74 bits per heavy atom. The molecule has 1 aliphatic heterocycles. The summed E-state index contributed by atoms with van der Waals surface area (Å²) in [5.74, 6) is 0.704. The number of carbonyl (C=O) groups excluding carboxylic acids is 1. The first-order chi connectivity index (χ1) is 9.13. The highest BCUT2D eigenvalue weighted by molar-refractivity contribution is 5.97. The van der Waals surface area contributed by atoms with Gasteiger partial charge in [0.25, 0.3) is 5.91 Å². The van der Waals surface area contributed by atoms with Crippen LogP contribution in [0, 0.1) is 6.92 Å². The van der Waals surface area contributed by atoms with E-state index in [0.29, 0.717) is 11.5 Å². The zero-order valence-corrected chi connectivity index (χ0v) is 11.2. The zero-order chi connectivity index (χ0) is 13.4. The van der Waals surface area contributed by atoms with Crippen LogP contribution < -0.4 is 0 Å². The van der Waals surface area contributed by atoms with E-state index in [2.05, 4.69) is 16.9 Å². The molecule has 1 amide bonds. The van der Waals surface area contributed by atoms with E-state index in [1.807, 2.05) is 30.0 Å². The highest BCUT2D eigenvalue weighted by Gasteiger charge is 2.20. The first kappa shape index (κ1) is 12.2. The Morgan fingerprint density at radius 2 is 2.00 bits per heavy atom. The van der Waals surface area contributed by atoms with Crippen LogP contribution in [0.4, 0.5) is 0 Å². The third kappa shape index (κ3) is 2.33. The Hall–Kier alpha value is -1.88. The first-order valence-corrected chi connectivity index (χ1v) is 6.48. The number of hydrogen-bond acceptors (Lipinski definition) is 4. The molecule has 5 heteroatoms. The van der Waals surface area contributed by atoms with Crippen LogP contribution in [0.3, 0.4) is 0 Å². The summed E-state index contributed by atoms with van der Waals surface area (Å²) in [6.07, 6.45) is 0. The third-order valence-electron chi connectivity index (χ3n) is 3.53. The molecule has 1 fully saturated rings. The van der Waals surface area contributed by atoms with Gasteiger partial charge in [0, 0.05) is 38.7 Å². The van der Waals surface area contributed by atoms with Crippen LogP contribution in [0.5, 0.6) is 0 Å². The van der Waals surface area contributed by atoms with E-state index in [9.17, 15) is 4.79 Å². The SMILES string of the molecule is Cc1nc2cc(C(=O)N3CCN(C)CC3)ccc2o1. The van der Waals surface area contributed by atoms with Crippen molar-refractivity contribution in [3.63, 3.8) is 0 Å². The predicted molar refractivity (Wildman–Crippen MR) is 72.1 cm³/mol. The van der Waals surface area contributed by atoms with Gasteiger partial charge >= 0.3 is 0 Å². The van der Waals surface area contributed by atoms with Crippen LogP contribution in [-0.2, 0) is 0 Å². The monoisotopic (exact) mass is 259 g/mol. The average molecular weight is 259 g/mol. The molecule has 0 N–H and O–H groups in total. The fourth-order valence-corrected chi connectivity index (χ4v) is 2.37. The maximum absolute atomic E-state index is 12.4. The van der Waals surface area contributed by atoms with Gasteiger partial charge in [-0.05, 0) is 25.2 Å². The lowest BCUT2D eigenvalue weighted by Gasteiger charge is -2.32. The molecular formula is C14H17N3O2. The van der Waals surface area contributed by atoms with Crippen molar-refractivity contribution in [2.45, 2.75) is 6.92 Å². The molecule has 1 aromatic heterocycles. The lowest BCUT2D eigenvalue weighted by atomic mass is 10.1. The molecule has 0 atom stereocenters. The summed E-state index contributed by atoms with van der Waals surface area (Å²) in [6, 6.07) is 5.44. The number of likely N-dealkylation sites (N-methyl/N-ethyl adjacent to an activating group) is 1. The molecule has 0 aliphatic carbocycles. The average Bonchev–Trinajstić information content (AvgIpc) is 2.77. The molecule has 0 spiro atoms. The van der Waals surface area contributed by atoms with Crippen LogP contribution in [0.2, 0.25) is 0 Å². The molecule has 0 radical (unpaired) electrons. The van der Waals surface area contributed by atoms with E-state index >= 15 is 0 Å². The van der Waals surface area contributed by atoms with Crippen molar-refractivity contribution in [1.82, 2.24) is 14.8 Å². The normalized spacial score (nSPS) is 17.1. The Labute approximate surface area is 111 Å². The summed E-state index contributed by atoms with van der Waals surface area (Å²) in [4.78, 5) is 20.8. The van der Waals surface area contributed by atoms with Gasteiger partial charge in [-0.25, -0.2) is 4.98 Å². The number of aryl methyl sites for hydroxylation is 1. The second kappa shape index (κ2) is 4.66. The molecule has 0 bridgehead atoms. The second-order valence-corrected chi connectivity index (χ2v) is 5.01. The number of nitrogens with zero attached hydrogens (tertiary/aromatic N) is 3. The van der Waals surface area contributed by atoms with Crippen LogP contribution in [0.25, 0.3) is 11.1 Å². The number of aromatic nitrogens is 1. The minimum absolute atomic E-state index is 0.0793. The quantitative estimate of drug-likeness (QED) is 0.779. The van der Waals surface area contributed by atoms with Crippen molar-refractivity contribution in [2.24, 2.45) is 0 Å². The van der Waals surface area contributed by atoms with Gasteiger partial charge in [-0.15, -0.1) is 0 Å². The fourth-order valence-electron chi connectivity index (χ4n) is 2.37. The lowest BCUT2D eigenvalue weighted by molar-refractivity contribution is 0.0664. The molecule has 100 valence electrons. The fraction of sp³-hybridized carbons (Fsp3) is 0.429. The molecule has 5 nitrogen and oxygen atoms in total. The topological polar surface area (TPSA) is 49.6 Å². The molecule has 1 aromatic carbocycles. The summed E-state index contributed by atoms with van der Waals surface area (Å²) in [5.41, 5.74) is 2.16. The molecule has 3 rings (SSSR count). The Kier molecular flexibility index (Phi) is 2.98. The highest BCUT2D eigenvalue weighted by atomic mass is 16.3. The van der Waals surface area contributed by atoms with Gasteiger partial charge in [-0.2, -0.15) is 0 Å². The first-order valence-electron chi connectivity index (χ1n) is 6.48. The molecule has 19 heavy (non-hydrogen) atoms. The van der Waals surface area contributed by atoms with Gasteiger partial charge in [0.05, 0.1) is 0 Å². The number of piperazine rings is 1. The van der Waals surface area contributed by atoms with Gasteiger partial charge < -0.3 is 14.2 Å². The van der Waals surface area contributed by atoms with E-state index in [0.717, 1.165) is 37.3 Å². The third-order valence-corrected chi connectivity index (χ3v) is 3.53. The van der Waals surface area contributed by atoms with E-state index in [-0.39, 0.29) is 5.91 Å². The number of fused-ring (bicyclic) bond motifs is 1. The van der Waals surface area contributed by atoms with Crippen molar-refractivity contribution in [1.29, 1.82) is 0 Å². The molecule has 2 heterocycles. The Morgan fingerprint density at radius 1 is 1.26 bits per heavy atom. The summed E-state index contributed by atoms with van der Waals surface area (Å²) < 4.78 is 5.42. The van der Waals surface area contributed by atoms with Crippen molar-refractivity contribution in [3.8, 4) is 0 Å². The van der Waals surface area contributed by atoms with Crippen molar-refractivity contribution >= 4 is 17.0 Å². The van der Waals surface area contributed by atoms with Gasteiger partial charge in [0.2, 0.25) is 0 Å². The summed E-state index contributed by atoms with van der Waals surface area (Å²) in [7, 11) is 2.08. The molecule has 0 saturated carbocycles. The standard InChI is InChI=1S/C14H17N3O2/c1-10-15-12-9-11(3-4-13(12)19-10)14(18)17-7-5-16(2)6-8-17/h3-4,9H,5-8H2,1-2H3. The smallest absolute Gasteiger partial charge is 0.254 e. The predicted octanol–water partition coefficient (Wildman–Crippen LogP) is 1.52. The molecule has 0 unspecified atom stereocenters. The number of carbonyl (C=O) groups is 1. The molecule has 1 aliphatic rings. The minimum atomic E-state index is 0.0793. The van der Waals surface area contributed by atoms with Crippen LogP contribution in [-0.4, -0.2) is 53.9 Å². The number of hydrogen-bond donors (Lipinski definition) is 0. The number of oxazole rings is 1. The minimum Gasteiger partial charge on any atom is -0.441 e. The van der Waals surface area contributed by atoms with Gasteiger partial charge in [-0.1, -0.05) is 0 Å².